The molecule has 0 aromatic heterocycles. The molecule has 0 rings (SSSR count). The van der Waals surface area contributed by atoms with E-state index in [4.69, 9.17) is 15.7 Å². The van der Waals surface area contributed by atoms with Crippen molar-refractivity contribution < 1.29 is 14.7 Å². The first-order valence-corrected chi connectivity index (χ1v) is 8.06. The third-order valence-corrected chi connectivity index (χ3v) is 4.40. The van der Waals surface area contributed by atoms with Gasteiger partial charge < -0.3 is 10.8 Å². The Bertz CT molecular complexity index is 206. The van der Waals surface area contributed by atoms with Crippen LogP contribution in [0.1, 0.15) is 19.3 Å². The number of nitrogens with two attached hydrogens (primary N) is 1. The Hall–Kier alpha value is 0.0500. The van der Waals surface area contributed by atoms with Crippen LogP contribution in [0.15, 0.2) is 0 Å². The number of hydrogen-bond acceptors (Lipinski definition) is 6. The van der Waals surface area contributed by atoms with Crippen molar-refractivity contribution in [3.05, 3.63) is 0 Å². The van der Waals surface area contributed by atoms with Gasteiger partial charge in [0.05, 0.1) is 6.61 Å². The normalized spacial score (nSPS) is 12.9. The number of hydroxylamine groups is 2. The summed E-state index contributed by atoms with van der Waals surface area (Å²) in [6.45, 7) is 0.759. The first-order valence-electron chi connectivity index (χ1n) is 5.57. The lowest BCUT2D eigenvalue weighted by molar-refractivity contribution is -0.137. The second-order valence-electron chi connectivity index (χ2n) is 3.76. The maximum absolute atomic E-state index is 10.4. The van der Waals surface area contributed by atoms with Gasteiger partial charge in [-0.25, -0.2) is 0 Å². The molecule has 0 heterocycles. The van der Waals surface area contributed by atoms with Gasteiger partial charge in [-0.15, -0.1) is 0 Å². The highest BCUT2D eigenvalue weighted by atomic mass is 33.1. The van der Waals surface area contributed by atoms with Crippen molar-refractivity contribution >= 4 is 27.6 Å². The summed E-state index contributed by atoms with van der Waals surface area (Å²) in [4.78, 5) is 15.7. The third-order valence-electron chi connectivity index (χ3n) is 1.87. The van der Waals surface area contributed by atoms with Gasteiger partial charge in [-0.2, -0.15) is 5.06 Å². The van der Waals surface area contributed by atoms with Gasteiger partial charge in [0, 0.05) is 25.6 Å². The maximum atomic E-state index is 10.4. The molecule has 0 aromatic rings. The average molecular weight is 282 g/mol. The molecule has 7 heteroatoms. The lowest BCUT2D eigenvalue weighted by Crippen LogP contribution is -2.32. The molecular formula is C10H22N2O3S2. The minimum Gasteiger partial charge on any atom is -0.480 e. The predicted molar refractivity (Wildman–Crippen MR) is 74.0 cm³/mol. The van der Waals surface area contributed by atoms with Crippen LogP contribution < -0.4 is 5.73 Å². The zero-order valence-electron chi connectivity index (χ0n) is 10.4. The molecule has 0 aliphatic rings. The molecule has 17 heavy (non-hydrogen) atoms. The average Bonchev–Trinajstić information content (AvgIpc) is 2.25. The van der Waals surface area contributed by atoms with Crippen LogP contribution in [0.4, 0.5) is 0 Å². The fraction of sp³-hybridized carbons (Fsp3) is 0.900. The molecule has 0 radical (unpaired) electrons. The summed E-state index contributed by atoms with van der Waals surface area (Å²) in [7, 11) is 6.96. The van der Waals surface area contributed by atoms with E-state index in [1.54, 1.807) is 15.9 Å². The topological polar surface area (TPSA) is 75.8 Å². The number of aliphatic carboxylic acids is 1. The number of carboxylic acids is 1. The maximum Gasteiger partial charge on any atom is 0.321 e. The monoisotopic (exact) mass is 282 g/mol. The molecule has 0 aliphatic heterocycles. The zero-order chi connectivity index (χ0) is 13.1. The molecule has 1 unspecified atom stereocenters. The van der Waals surface area contributed by atoms with Crippen LogP contribution in [0.5, 0.6) is 0 Å². The summed E-state index contributed by atoms with van der Waals surface area (Å²) in [5.74, 6) is 0.557. The van der Waals surface area contributed by atoms with E-state index < -0.39 is 12.0 Å². The van der Waals surface area contributed by atoms with Crippen molar-refractivity contribution in [3.8, 4) is 0 Å². The van der Waals surface area contributed by atoms with Crippen LogP contribution in [-0.2, 0) is 9.63 Å². The number of carboxylic acid groups (broad SMARTS) is 1. The molecule has 0 amide bonds. The lowest BCUT2D eigenvalue weighted by atomic mass is 10.3. The summed E-state index contributed by atoms with van der Waals surface area (Å²) in [5, 5.41) is 10.3. The number of rotatable bonds is 11. The largest absolute Gasteiger partial charge is 0.480 e. The SMILES string of the molecule is CN(C)OCCCCCSSCC(N)C(=O)O. The van der Waals surface area contributed by atoms with Gasteiger partial charge in [0.1, 0.15) is 6.04 Å². The molecular weight excluding hydrogens is 260 g/mol. The van der Waals surface area contributed by atoms with Crippen LogP contribution in [0.3, 0.4) is 0 Å². The molecule has 0 bridgehead atoms. The lowest BCUT2D eigenvalue weighted by Gasteiger charge is -2.09. The fourth-order valence-electron chi connectivity index (χ4n) is 0.939. The van der Waals surface area contributed by atoms with Crippen molar-refractivity contribution in [2.75, 3.05) is 32.2 Å². The minimum absolute atomic E-state index is 0.462. The zero-order valence-corrected chi connectivity index (χ0v) is 12.1. The Labute approximate surface area is 111 Å². The van der Waals surface area contributed by atoms with Gasteiger partial charge in [0.25, 0.3) is 0 Å². The van der Waals surface area contributed by atoms with E-state index in [1.807, 2.05) is 14.1 Å². The number of unbranched alkanes of at least 4 members (excludes halogenated alkanes) is 2. The number of hydrogen-bond donors (Lipinski definition) is 2. The first-order chi connectivity index (χ1) is 8.04. The van der Waals surface area contributed by atoms with E-state index in [0.717, 1.165) is 31.6 Å². The number of carbonyl (C=O) groups is 1. The summed E-state index contributed by atoms with van der Waals surface area (Å²) >= 11 is 0. The molecule has 1 atom stereocenters. The standard InChI is InChI=1S/C10H22N2O3S2/c1-12(2)15-6-4-3-5-7-16-17-8-9(11)10(13)14/h9H,3-8,11H2,1-2H3,(H,13,14). The van der Waals surface area contributed by atoms with Crippen molar-refractivity contribution in [2.45, 2.75) is 25.3 Å². The predicted octanol–water partition coefficient (Wildman–Crippen LogP) is 1.44. The van der Waals surface area contributed by atoms with Crippen LogP contribution >= 0.6 is 21.6 Å². The molecule has 0 aromatic carbocycles. The summed E-state index contributed by atoms with van der Waals surface area (Å²) in [6.07, 6.45) is 3.31. The van der Waals surface area contributed by atoms with Gasteiger partial charge in [0.2, 0.25) is 0 Å². The van der Waals surface area contributed by atoms with Gasteiger partial charge >= 0.3 is 5.97 Å². The van der Waals surface area contributed by atoms with Gasteiger partial charge in [-0.3, -0.25) is 9.63 Å². The quantitative estimate of drug-likeness (QED) is 0.337. The molecule has 0 saturated heterocycles. The Morgan fingerprint density at radius 2 is 2.06 bits per heavy atom. The highest BCUT2D eigenvalue weighted by molar-refractivity contribution is 8.76. The van der Waals surface area contributed by atoms with E-state index in [-0.39, 0.29) is 0 Å². The second-order valence-corrected chi connectivity index (χ2v) is 6.38. The Morgan fingerprint density at radius 3 is 2.65 bits per heavy atom. The van der Waals surface area contributed by atoms with E-state index >= 15 is 0 Å². The third kappa shape index (κ3) is 12.3. The van der Waals surface area contributed by atoms with Gasteiger partial charge in [0.15, 0.2) is 0 Å². The minimum atomic E-state index is -0.932. The Kier molecular flexibility index (Phi) is 11.2. The summed E-state index contributed by atoms with van der Waals surface area (Å²) < 4.78 is 0. The highest BCUT2D eigenvalue weighted by Crippen LogP contribution is 2.23. The molecule has 3 N–H and O–H groups in total. The molecule has 5 nitrogen and oxygen atoms in total. The van der Waals surface area contributed by atoms with E-state index in [2.05, 4.69) is 0 Å². The van der Waals surface area contributed by atoms with E-state index in [9.17, 15) is 4.79 Å². The molecule has 0 saturated carbocycles. The Balaban J connectivity index is 3.11. The van der Waals surface area contributed by atoms with Crippen LogP contribution in [0.25, 0.3) is 0 Å². The van der Waals surface area contributed by atoms with Gasteiger partial charge in [-0.1, -0.05) is 28.0 Å². The van der Waals surface area contributed by atoms with Crippen LogP contribution in [-0.4, -0.2) is 54.4 Å². The first kappa shape index (κ1) is 17.1. The number of nitrogens with zero attached hydrogens (tertiary/aromatic N) is 1. The van der Waals surface area contributed by atoms with Crippen molar-refractivity contribution in [3.63, 3.8) is 0 Å². The van der Waals surface area contributed by atoms with Crippen LogP contribution in [0.2, 0.25) is 0 Å². The second kappa shape index (κ2) is 11.2. The van der Waals surface area contributed by atoms with E-state index in [0.29, 0.717) is 5.75 Å². The molecule has 0 spiro atoms. The summed E-state index contributed by atoms with van der Waals surface area (Å²) in [6, 6.07) is -0.749. The van der Waals surface area contributed by atoms with Crippen LogP contribution in [0, 0.1) is 0 Å². The van der Waals surface area contributed by atoms with E-state index in [1.165, 1.54) is 10.8 Å². The van der Waals surface area contributed by atoms with Gasteiger partial charge in [-0.05, 0) is 12.8 Å². The molecule has 0 fully saturated rings. The molecule has 0 aliphatic carbocycles. The fourth-order valence-corrected chi connectivity index (χ4v) is 3.20. The smallest absolute Gasteiger partial charge is 0.321 e. The van der Waals surface area contributed by atoms with Crippen molar-refractivity contribution in [1.29, 1.82) is 0 Å². The molecule has 102 valence electrons. The highest BCUT2D eigenvalue weighted by Gasteiger charge is 2.10. The Morgan fingerprint density at radius 1 is 1.35 bits per heavy atom. The van der Waals surface area contributed by atoms with Crippen molar-refractivity contribution in [2.24, 2.45) is 5.73 Å². The van der Waals surface area contributed by atoms with Crippen molar-refractivity contribution in [1.82, 2.24) is 5.06 Å². The summed E-state index contributed by atoms with van der Waals surface area (Å²) in [5.41, 5.74) is 5.37.